The minimum absolute atomic E-state index is 0.795. The number of hydrogen-bond donors (Lipinski definition) is 1. The zero-order valence-corrected chi connectivity index (χ0v) is 11.5. The average Bonchev–Trinajstić information content (AvgIpc) is 2.53. The monoisotopic (exact) mass is 267 g/mol. The van der Waals surface area contributed by atoms with Crippen LogP contribution in [0, 0.1) is 0 Å². The van der Waals surface area contributed by atoms with Gasteiger partial charge in [-0.05, 0) is 48.1 Å². The molecule has 1 N–H and O–H groups in total. The molecule has 0 radical (unpaired) electrons. The van der Waals surface area contributed by atoms with Gasteiger partial charge < -0.3 is 9.94 Å². The molecule has 3 rings (SSSR count). The van der Waals surface area contributed by atoms with Gasteiger partial charge in [0, 0.05) is 5.56 Å². The maximum absolute atomic E-state index is 9.06. The number of hydrogen-bond acceptors (Lipinski definition) is 3. The molecule has 3 heteroatoms. The molecule has 20 heavy (non-hydrogen) atoms. The second-order valence-electron chi connectivity index (χ2n) is 5.00. The van der Waals surface area contributed by atoms with E-state index in [0.717, 1.165) is 41.9 Å². The van der Waals surface area contributed by atoms with Crippen LogP contribution in [0.4, 0.5) is 0 Å². The summed E-state index contributed by atoms with van der Waals surface area (Å²) < 4.78 is 5.27. The molecule has 0 unspecified atom stereocenters. The molecular weight excluding hydrogens is 250 g/mol. The molecule has 2 aromatic carbocycles. The van der Waals surface area contributed by atoms with Gasteiger partial charge in [-0.3, -0.25) is 0 Å². The van der Waals surface area contributed by atoms with Crippen LogP contribution in [-0.4, -0.2) is 18.0 Å². The first-order valence-electron chi connectivity index (χ1n) is 6.80. The number of oxime groups is 1. The van der Waals surface area contributed by atoms with Crippen molar-refractivity contribution in [3.05, 3.63) is 53.6 Å². The van der Waals surface area contributed by atoms with Crippen LogP contribution >= 0.6 is 0 Å². The minimum Gasteiger partial charge on any atom is -0.497 e. The molecule has 1 aliphatic rings. The van der Waals surface area contributed by atoms with E-state index in [1.54, 1.807) is 7.11 Å². The van der Waals surface area contributed by atoms with Crippen molar-refractivity contribution >= 4 is 5.71 Å². The van der Waals surface area contributed by atoms with Crippen LogP contribution in [0.5, 0.6) is 5.75 Å². The van der Waals surface area contributed by atoms with E-state index in [-0.39, 0.29) is 0 Å². The van der Waals surface area contributed by atoms with Gasteiger partial charge in [-0.15, -0.1) is 0 Å². The van der Waals surface area contributed by atoms with Gasteiger partial charge in [0.15, 0.2) is 0 Å². The summed E-state index contributed by atoms with van der Waals surface area (Å²) in [7, 11) is 1.68. The quantitative estimate of drug-likeness (QED) is 0.662. The summed E-state index contributed by atoms with van der Waals surface area (Å²) in [6.45, 7) is 0. The Bertz CT molecular complexity index is 662. The van der Waals surface area contributed by atoms with Gasteiger partial charge in [0.1, 0.15) is 5.75 Å². The smallest absolute Gasteiger partial charge is 0.119 e. The summed E-state index contributed by atoms with van der Waals surface area (Å²) in [5, 5.41) is 12.5. The third-order valence-corrected chi connectivity index (χ3v) is 3.80. The first-order chi connectivity index (χ1) is 9.81. The van der Waals surface area contributed by atoms with Crippen LogP contribution in [0.25, 0.3) is 11.1 Å². The molecule has 0 aliphatic heterocycles. The zero-order valence-electron chi connectivity index (χ0n) is 11.5. The lowest BCUT2D eigenvalue weighted by Gasteiger charge is -2.18. The van der Waals surface area contributed by atoms with E-state index < -0.39 is 0 Å². The van der Waals surface area contributed by atoms with Crippen molar-refractivity contribution in [2.45, 2.75) is 19.3 Å². The lowest BCUT2D eigenvalue weighted by molar-refractivity contribution is 0.317. The van der Waals surface area contributed by atoms with Crippen molar-refractivity contribution in [1.82, 2.24) is 0 Å². The standard InChI is InChI=1S/C17H17NO2/c1-20-15-6-2-4-12(11-15)13-8-9-16-14(10-13)5-3-7-17(16)18-19/h2,4,6,8-11,19H,3,5,7H2,1H3. The Morgan fingerprint density at radius 1 is 1.05 bits per heavy atom. The SMILES string of the molecule is COc1cccc(-c2ccc3c(c2)CCCC3=NO)c1. The van der Waals surface area contributed by atoms with Crippen LogP contribution in [-0.2, 0) is 6.42 Å². The van der Waals surface area contributed by atoms with Crippen LogP contribution in [0.3, 0.4) is 0 Å². The lowest BCUT2D eigenvalue weighted by atomic mass is 9.88. The molecule has 0 atom stereocenters. The Labute approximate surface area is 118 Å². The second kappa shape index (κ2) is 5.37. The number of rotatable bonds is 2. The summed E-state index contributed by atoms with van der Waals surface area (Å²) in [5.74, 6) is 0.859. The van der Waals surface area contributed by atoms with E-state index in [2.05, 4.69) is 29.4 Å². The fraction of sp³-hybridized carbons (Fsp3) is 0.235. The van der Waals surface area contributed by atoms with Crippen LogP contribution in [0.2, 0.25) is 0 Å². The summed E-state index contributed by atoms with van der Waals surface area (Å²) in [5.41, 5.74) is 5.43. The number of aryl methyl sites for hydroxylation is 1. The maximum atomic E-state index is 9.06. The van der Waals surface area contributed by atoms with Crippen molar-refractivity contribution in [1.29, 1.82) is 0 Å². The third kappa shape index (κ3) is 2.27. The van der Waals surface area contributed by atoms with Crippen LogP contribution in [0.1, 0.15) is 24.0 Å². The van der Waals surface area contributed by atoms with Gasteiger partial charge in [0.25, 0.3) is 0 Å². The lowest BCUT2D eigenvalue weighted by Crippen LogP contribution is -2.11. The number of benzene rings is 2. The van der Waals surface area contributed by atoms with E-state index in [1.807, 2.05) is 18.2 Å². The minimum atomic E-state index is 0.795. The molecule has 0 saturated heterocycles. The van der Waals surface area contributed by atoms with Crippen molar-refractivity contribution in [2.24, 2.45) is 5.16 Å². The normalized spacial score (nSPS) is 15.9. The summed E-state index contributed by atoms with van der Waals surface area (Å²) in [6, 6.07) is 14.4. The highest BCUT2D eigenvalue weighted by atomic mass is 16.5. The molecule has 0 bridgehead atoms. The van der Waals surface area contributed by atoms with Crippen molar-refractivity contribution in [2.75, 3.05) is 7.11 Å². The largest absolute Gasteiger partial charge is 0.497 e. The van der Waals surface area contributed by atoms with Gasteiger partial charge in [-0.2, -0.15) is 0 Å². The summed E-state index contributed by atoms with van der Waals surface area (Å²) in [4.78, 5) is 0. The Balaban J connectivity index is 2.04. The fourth-order valence-corrected chi connectivity index (χ4v) is 2.75. The van der Waals surface area contributed by atoms with Gasteiger partial charge in [-0.25, -0.2) is 0 Å². The molecule has 0 spiro atoms. The number of methoxy groups -OCH3 is 1. The number of ether oxygens (including phenoxy) is 1. The highest BCUT2D eigenvalue weighted by Gasteiger charge is 2.16. The van der Waals surface area contributed by atoms with E-state index in [0.29, 0.717) is 0 Å². The van der Waals surface area contributed by atoms with Gasteiger partial charge in [0.2, 0.25) is 0 Å². The highest BCUT2D eigenvalue weighted by molar-refractivity contribution is 6.02. The molecule has 0 heterocycles. The Kier molecular flexibility index (Phi) is 3.42. The van der Waals surface area contributed by atoms with E-state index >= 15 is 0 Å². The average molecular weight is 267 g/mol. The predicted octanol–water partition coefficient (Wildman–Crippen LogP) is 3.88. The van der Waals surface area contributed by atoms with Gasteiger partial charge in [-0.1, -0.05) is 35.5 Å². The summed E-state index contributed by atoms with van der Waals surface area (Å²) in [6.07, 6.45) is 2.92. The van der Waals surface area contributed by atoms with Gasteiger partial charge >= 0.3 is 0 Å². The zero-order chi connectivity index (χ0) is 13.9. The first-order valence-corrected chi connectivity index (χ1v) is 6.80. The van der Waals surface area contributed by atoms with Crippen LogP contribution in [0.15, 0.2) is 47.6 Å². The van der Waals surface area contributed by atoms with Crippen molar-refractivity contribution in [3.8, 4) is 16.9 Å². The Morgan fingerprint density at radius 3 is 2.70 bits per heavy atom. The van der Waals surface area contributed by atoms with E-state index in [9.17, 15) is 0 Å². The molecule has 2 aromatic rings. The molecule has 0 aromatic heterocycles. The van der Waals surface area contributed by atoms with Crippen LogP contribution < -0.4 is 4.74 Å². The maximum Gasteiger partial charge on any atom is 0.119 e. The molecule has 0 amide bonds. The number of nitrogens with zero attached hydrogens (tertiary/aromatic N) is 1. The molecule has 3 nitrogen and oxygen atoms in total. The third-order valence-electron chi connectivity index (χ3n) is 3.80. The fourth-order valence-electron chi connectivity index (χ4n) is 2.75. The van der Waals surface area contributed by atoms with Crippen molar-refractivity contribution in [3.63, 3.8) is 0 Å². The molecule has 1 aliphatic carbocycles. The molecule has 0 fully saturated rings. The second-order valence-corrected chi connectivity index (χ2v) is 5.00. The highest BCUT2D eigenvalue weighted by Crippen LogP contribution is 2.29. The van der Waals surface area contributed by atoms with E-state index in [1.165, 1.54) is 11.1 Å². The number of fused-ring (bicyclic) bond motifs is 1. The van der Waals surface area contributed by atoms with Crippen molar-refractivity contribution < 1.29 is 9.94 Å². The summed E-state index contributed by atoms with van der Waals surface area (Å²) >= 11 is 0. The molecule has 102 valence electrons. The first kappa shape index (κ1) is 12.7. The molecular formula is C17H17NO2. The topological polar surface area (TPSA) is 41.8 Å². The molecule has 0 saturated carbocycles. The Morgan fingerprint density at radius 2 is 1.90 bits per heavy atom. The van der Waals surface area contributed by atoms with E-state index in [4.69, 9.17) is 9.94 Å². The van der Waals surface area contributed by atoms with Gasteiger partial charge in [0.05, 0.1) is 12.8 Å². The Hall–Kier alpha value is -2.29. The predicted molar refractivity (Wildman–Crippen MR) is 79.7 cm³/mol.